The summed E-state index contributed by atoms with van der Waals surface area (Å²) >= 11 is 0. The number of carbonyl (C=O) groups is 2. The molecule has 0 bridgehead atoms. The second kappa shape index (κ2) is 8.82. The highest BCUT2D eigenvalue weighted by atomic mass is 16.2. The lowest BCUT2D eigenvalue weighted by Crippen LogP contribution is -2.51. The van der Waals surface area contributed by atoms with Crippen LogP contribution in [0, 0.1) is 11.3 Å². The van der Waals surface area contributed by atoms with Gasteiger partial charge in [0, 0.05) is 37.9 Å². The molecule has 1 aromatic carbocycles. The van der Waals surface area contributed by atoms with Crippen LogP contribution in [0.25, 0.3) is 11.1 Å². The van der Waals surface area contributed by atoms with Gasteiger partial charge in [0.1, 0.15) is 0 Å². The summed E-state index contributed by atoms with van der Waals surface area (Å²) in [5.74, 6) is 0.564. The molecule has 2 heterocycles. The van der Waals surface area contributed by atoms with E-state index in [0.29, 0.717) is 38.9 Å². The molecule has 5 nitrogen and oxygen atoms in total. The molecule has 0 atom stereocenters. The number of piperidine rings is 1. The van der Waals surface area contributed by atoms with Gasteiger partial charge in [0.15, 0.2) is 0 Å². The number of aromatic nitrogens is 1. The number of carbonyl (C=O) groups excluding carboxylic acids is 2. The van der Waals surface area contributed by atoms with Gasteiger partial charge in [0.25, 0.3) is 0 Å². The Hall–Kier alpha value is -2.95. The number of rotatable bonds is 7. The maximum absolute atomic E-state index is 13.2. The summed E-state index contributed by atoms with van der Waals surface area (Å²) in [5.41, 5.74) is 2.88. The maximum Gasteiger partial charge on any atom is 0.226 e. The van der Waals surface area contributed by atoms with E-state index in [2.05, 4.69) is 35.1 Å². The van der Waals surface area contributed by atoms with Crippen LogP contribution in [0.15, 0.2) is 61.4 Å². The van der Waals surface area contributed by atoms with E-state index < -0.39 is 5.41 Å². The van der Waals surface area contributed by atoms with Gasteiger partial charge < -0.3 is 10.2 Å². The van der Waals surface area contributed by atoms with Crippen molar-refractivity contribution in [1.29, 1.82) is 0 Å². The number of amides is 2. The molecule has 1 aromatic heterocycles. The van der Waals surface area contributed by atoms with Crippen LogP contribution in [0.2, 0.25) is 0 Å². The summed E-state index contributed by atoms with van der Waals surface area (Å²) in [6, 6.07) is 12.4. The zero-order valence-corrected chi connectivity index (χ0v) is 17.3. The van der Waals surface area contributed by atoms with Gasteiger partial charge in [-0.05, 0) is 60.9 Å². The van der Waals surface area contributed by atoms with E-state index in [4.69, 9.17) is 0 Å². The molecule has 0 spiro atoms. The Morgan fingerprint density at radius 3 is 2.53 bits per heavy atom. The average Bonchev–Trinajstić information content (AvgIpc) is 3.64. The van der Waals surface area contributed by atoms with Crippen molar-refractivity contribution >= 4 is 11.8 Å². The molecule has 0 unspecified atom stereocenters. The molecule has 1 aliphatic carbocycles. The molecule has 2 fully saturated rings. The van der Waals surface area contributed by atoms with Gasteiger partial charge >= 0.3 is 0 Å². The van der Waals surface area contributed by atoms with Crippen LogP contribution in [0.1, 0.15) is 31.2 Å². The number of likely N-dealkylation sites (tertiary alicyclic amines) is 1. The molecule has 1 saturated heterocycles. The van der Waals surface area contributed by atoms with E-state index in [1.807, 2.05) is 23.1 Å². The first-order valence-corrected chi connectivity index (χ1v) is 10.8. The van der Waals surface area contributed by atoms with Crippen LogP contribution in [-0.2, 0) is 16.0 Å². The van der Waals surface area contributed by atoms with Crippen molar-refractivity contribution in [2.75, 3.05) is 19.6 Å². The molecule has 1 aliphatic heterocycles. The lowest BCUT2D eigenvalue weighted by atomic mass is 9.72. The standard InChI is InChI=1S/C25H29N3O2/c1-2-12-27-24(30)25(10-15-28(16-11-25)23(29)21-6-7-21)18-19-4-3-5-22(17-19)20-8-13-26-14-9-20/h2-5,8-9,13-14,17,21H,1,6-7,10-12,15-16,18H2,(H,27,30). The topological polar surface area (TPSA) is 62.3 Å². The molecule has 4 rings (SSSR count). The van der Waals surface area contributed by atoms with Crippen LogP contribution in [0.4, 0.5) is 0 Å². The van der Waals surface area contributed by atoms with Gasteiger partial charge in [0.05, 0.1) is 5.41 Å². The molecule has 2 aliphatic rings. The number of hydrogen-bond donors (Lipinski definition) is 1. The van der Waals surface area contributed by atoms with Gasteiger partial charge in [-0.2, -0.15) is 0 Å². The summed E-state index contributed by atoms with van der Waals surface area (Å²) in [6.07, 6.45) is 9.37. The van der Waals surface area contributed by atoms with Crippen molar-refractivity contribution in [3.05, 3.63) is 67.0 Å². The Labute approximate surface area is 178 Å². The number of hydrogen-bond acceptors (Lipinski definition) is 3. The Kier molecular flexibility index (Phi) is 5.98. The zero-order valence-electron chi connectivity index (χ0n) is 17.3. The maximum atomic E-state index is 13.2. The van der Waals surface area contributed by atoms with Gasteiger partial charge in [-0.15, -0.1) is 6.58 Å². The van der Waals surface area contributed by atoms with Gasteiger partial charge in [-0.25, -0.2) is 0 Å². The monoisotopic (exact) mass is 403 g/mol. The summed E-state index contributed by atoms with van der Waals surface area (Å²) in [4.78, 5) is 31.7. The Morgan fingerprint density at radius 2 is 1.87 bits per heavy atom. The van der Waals surface area contributed by atoms with E-state index in [1.165, 1.54) is 0 Å². The van der Waals surface area contributed by atoms with Crippen molar-refractivity contribution < 1.29 is 9.59 Å². The average molecular weight is 404 g/mol. The summed E-state index contributed by atoms with van der Waals surface area (Å²) in [6.45, 7) is 5.49. The summed E-state index contributed by atoms with van der Waals surface area (Å²) in [5, 5.41) is 3.02. The van der Waals surface area contributed by atoms with Crippen molar-refractivity contribution in [2.45, 2.75) is 32.1 Å². The predicted octanol–water partition coefficient (Wildman–Crippen LogP) is 3.61. The second-order valence-electron chi connectivity index (χ2n) is 8.49. The van der Waals surface area contributed by atoms with E-state index >= 15 is 0 Å². The first-order chi connectivity index (χ1) is 14.6. The first kappa shape index (κ1) is 20.3. The molecular weight excluding hydrogens is 374 g/mol. The smallest absolute Gasteiger partial charge is 0.226 e. The largest absolute Gasteiger partial charge is 0.352 e. The normalized spacial score (nSPS) is 17.9. The highest BCUT2D eigenvalue weighted by molar-refractivity contribution is 5.85. The zero-order chi connectivity index (χ0) is 21.0. The van der Waals surface area contributed by atoms with Crippen LogP contribution >= 0.6 is 0 Å². The first-order valence-electron chi connectivity index (χ1n) is 10.8. The lowest BCUT2D eigenvalue weighted by Gasteiger charge is -2.41. The third kappa shape index (κ3) is 4.45. The summed E-state index contributed by atoms with van der Waals surface area (Å²) in [7, 11) is 0. The number of benzene rings is 1. The Morgan fingerprint density at radius 1 is 1.13 bits per heavy atom. The fraction of sp³-hybridized carbons (Fsp3) is 0.400. The minimum Gasteiger partial charge on any atom is -0.352 e. The highest BCUT2D eigenvalue weighted by Crippen LogP contribution is 2.39. The molecule has 2 aromatic rings. The number of nitrogens with zero attached hydrogens (tertiary/aromatic N) is 2. The SMILES string of the molecule is C=CCNC(=O)C1(Cc2cccc(-c3ccncc3)c2)CCN(C(=O)C2CC2)CC1. The molecular formula is C25H29N3O2. The van der Waals surface area contributed by atoms with Crippen LogP contribution in [0.5, 0.6) is 0 Å². The van der Waals surface area contributed by atoms with Crippen molar-refractivity contribution in [1.82, 2.24) is 15.2 Å². The fourth-order valence-electron chi connectivity index (χ4n) is 4.38. The van der Waals surface area contributed by atoms with E-state index in [9.17, 15) is 9.59 Å². The van der Waals surface area contributed by atoms with Gasteiger partial charge in [-0.3, -0.25) is 14.6 Å². The minimum absolute atomic E-state index is 0.0650. The highest BCUT2D eigenvalue weighted by Gasteiger charge is 2.44. The predicted molar refractivity (Wildman–Crippen MR) is 118 cm³/mol. The fourth-order valence-corrected chi connectivity index (χ4v) is 4.38. The Bertz CT molecular complexity index is 913. The van der Waals surface area contributed by atoms with Crippen LogP contribution < -0.4 is 5.32 Å². The van der Waals surface area contributed by atoms with E-state index in [1.54, 1.807) is 18.5 Å². The van der Waals surface area contributed by atoms with E-state index in [0.717, 1.165) is 29.5 Å². The second-order valence-corrected chi connectivity index (χ2v) is 8.49. The number of nitrogens with one attached hydrogen (secondary N) is 1. The lowest BCUT2D eigenvalue weighted by molar-refractivity contribution is -0.141. The van der Waals surface area contributed by atoms with Gasteiger partial charge in [0.2, 0.25) is 11.8 Å². The Balaban J connectivity index is 1.54. The molecule has 1 N–H and O–H groups in total. The summed E-state index contributed by atoms with van der Waals surface area (Å²) < 4.78 is 0. The molecule has 0 radical (unpaired) electrons. The van der Waals surface area contributed by atoms with Crippen molar-refractivity contribution in [3.63, 3.8) is 0 Å². The third-order valence-corrected chi connectivity index (χ3v) is 6.33. The minimum atomic E-state index is -0.500. The van der Waals surface area contributed by atoms with Crippen molar-refractivity contribution in [2.24, 2.45) is 11.3 Å². The molecule has 1 saturated carbocycles. The van der Waals surface area contributed by atoms with E-state index in [-0.39, 0.29) is 17.7 Å². The van der Waals surface area contributed by atoms with Gasteiger partial charge in [-0.1, -0.05) is 30.3 Å². The van der Waals surface area contributed by atoms with Crippen LogP contribution in [0.3, 0.4) is 0 Å². The quantitative estimate of drug-likeness (QED) is 0.719. The number of pyridine rings is 1. The van der Waals surface area contributed by atoms with Crippen LogP contribution in [-0.4, -0.2) is 41.3 Å². The molecule has 156 valence electrons. The molecule has 5 heteroatoms. The molecule has 30 heavy (non-hydrogen) atoms. The third-order valence-electron chi connectivity index (χ3n) is 6.33. The molecule has 2 amide bonds. The van der Waals surface area contributed by atoms with Crippen molar-refractivity contribution in [3.8, 4) is 11.1 Å².